The predicted octanol–water partition coefficient (Wildman–Crippen LogP) is 3.30. The first-order valence-electron chi connectivity index (χ1n) is 6.20. The van der Waals surface area contributed by atoms with Gasteiger partial charge in [-0.1, -0.05) is 15.9 Å². The van der Waals surface area contributed by atoms with Crippen LogP contribution < -0.4 is 0 Å². The third kappa shape index (κ3) is 2.48. The van der Waals surface area contributed by atoms with Crippen LogP contribution in [0.4, 0.5) is 0 Å². The van der Waals surface area contributed by atoms with Gasteiger partial charge < -0.3 is 4.74 Å². The van der Waals surface area contributed by atoms with Crippen LogP contribution in [0.25, 0.3) is 5.69 Å². The third-order valence-electron chi connectivity index (χ3n) is 3.23. The van der Waals surface area contributed by atoms with E-state index >= 15 is 0 Å². The van der Waals surface area contributed by atoms with Crippen LogP contribution in [0.5, 0.6) is 0 Å². The summed E-state index contributed by atoms with van der Waals surface area (Å²) in [4.78, 5) is 11.2. The Balaban J connectivity index is 1.98. The van der Waals surface area contributed by atoms with E-state index in [0.717, 1.165) is 41.6 Å². The Kier molecular flexibility index (Phi) is 3.48. The standard InChI is InChI=1S/C14H13BrN2O2/c15-11-3-5-12(6-4-11)17-8-10(9-18)14(16-17)13-2-1-7-19-13/h3-6,8-9,13H,1-2,7H2. The van der Waals surface area contributed by atoms with Gasteiger partial charge in [-0.3, -0.25) is 4.79 Å². The second-order valence-electron chi connectivity index (χ2n) is 4.51. The molecule has 4 nitrogen and oxygen atoms in total. The van der Waals surface area contributed by atoms with Crippen LogP contribution in [0.15, 0.2) is 34.9 Å². The topological polar surface area (TPSA) is 44.1 Å². The lowest BCUT2D eigenvalue weighted by molar-refractivity contribution is 0.104. The highest BCUT2D eigenvalue weighted by atomic mass is 79.9. The number of halogens is 1. The van der Waals surface area contributed by atoms with Gasteiger partial charge in [0.25, 0.3) is 0 Å². The SMILES string of the molecule is O=Cc1cn(-c2ccc(Br)cc2)nc1C1CCCO1. The smallest absolute Gasteiger partial charge is 0.153 e. The number of aromatic nitrogens is 2. The summed E-state index contributed by atoms with van der Waals surface area (Å²) in [7, 11) is 0. The van der Waals surface area contributed by atoms with Crippen LogP contribution in [0, 0.1) is 0 Å². The van der Waals surface area contributed by atoms with Gasteiger partial charge in [-0.25, -0.2) is 4.68 Å². The van der Waals surface area contributed by atoms with E-state index in [1.54, 1.807) is 10.9 Å². The lowest BCUT2D eigenvalue weighted by Crippen LogP contribution is -2.01. The Hall–Kier alpha value is -1.46. The Bertz CT molecular complexity index is 586. The van der Waals surface area contributed by atoms with Gasteiger partial charge in [0.05, 0.1) is 11.3 Å². The molecule has 0 aliphatic carbocycles. The molecule has 98 valence electrons. The first-order valence-corrected chi connectivity index (χ1v) is 6.99. The Morgan fingerprint density at radius 3 is 2.79 bits per heavy atom. The van der Waals surface area contributed by atoms with E-state index in [9.17, 15) is 4.79 Å². The first kappa shape index (κ1) is 12.6. The fourth-order valence-electron chi connectivity index (χ4n) is 2.26. The lowest BCUT2D eigenvalue weighted by atomic mass is 10.1. The van der Waals surface area contributed by atoms with Crippen molar-refractivity contribution in [2.24, 2.45) is 0 Å². The summed E-state index contributed by atoms with van der Waals surface area (Å²) in [5.74, 6) is 0. The second kappa shape index (κ2) is 5.27. The lowest BCUT2D eigenvalue weighted by Gasteiger charge is -2.06. The average Bonchev–Trinajstić information content (AvgIpc) is 3.08. The Morgan fingerprint density at radius 1 is 1.37 bits per heavy atom. The maximum atomic E-state index is 11.2. The minimum Gasteiger partial charge on any atom is -0.372 e. The van der Waals surface area contributed by atoms with Gasteiger partial charge in [-0.05, 0) is 37.1 Å². The van der Waals surface area contributed by atoms with Crippen molar-refractivity contribution < 1.29 is 9.53 Å². The van der Waals surface area contributed by atoms with E-state index in [2.05, 4.69) is 21.0 Å². The van der Waals surface area contributed by atoms with Crippen molar-refractivity contribution in [1.82, 2.24) is 9.78 Å². The first-order chi connectivity index (χ1) is 9.28. The molecule has 1 atom stereocenters. The molecule has 1 aromatic heterocycles. The highest BCUT2D eigenvalue weighted by Gasteiger charge is 2.24. The molecular weight excluding hydrogens is 308 g/mol. The fourth-order valence-corrected chi connectivity index (χ4v) is 2.53. The summed E-state index contributed by atoms with van der Waals surface area (Å²) >= 11 is 3.40. The quantitative estimate of drug-likeness (QED) is 0.815. The number of aldehydes is 1. The van der Waals surface area contributed by atoms with E-state index in [1.807, 2.05) is 24.3 Å². The molecule has 0 N–H and O–H groups in total. The number of rotatable bonds is 3. The maximum Gasteiger partial charge on any atom is 0.153 e. The number of hydrogen-bond donors (Lipinski definition) is 0. The number of carbonyl (C=O) groups is 1. The molecule has 0 saturated carbocycles. The number of hydrogen-bond acceptors (Lipinski definition) is 3. The van der Waals surface area contributed by atoms with Gasteiger partial charge in [-0.2, -0.15) is 5.10 Å². The summed E-state index contributed by atoms with van der Waals surface area (Å²) in [5.41, 5.74) is 2.28. The van der Waals surface area contributed by atoms with Gasteiger partial charge in [-0.15, -0.1) is 0 Å². The molecule has 0 bridgehead atoms. The van der Waals surface area contributed by atoms with Gasteiger partial charge in [0, 0.05) is 17.3 Å². The molecule has 1 aliphatic heterocycles. The second-order valence-corrected chi connectivity index (χ2v) is 5.43. The predicted molar refractivity (Wildman–Crippen MR) is 74.6 cm³/mol. The van der Waals surface area contributed by atoms with Crippen LogP contribution in [0.1, 0.15) is 35.0 Å². The molecule has 1 unspecified atom stereocenters. The average molecular weight is 321 g/mol. The molecule has 2 aromatic rings. The zero-order valence-corrected chi connectivity index (χ0v) is 11.8. The number of benzene rings is 1. The molecule has 1 fully saturated rings. The summed E-state index contributed by atoms with van der Waals surface area (Å²) in [6, 6.07) is 7.79. The molecule has 5 heteroatoms. The van der Waals surface area contributed by atoms with Crippen molar-refractivity contribution in [3.8, 4) is 5.69 Å². The zero-order valence-electron chi connectivity index (χ0n) is 10.3. The van der Waals surface area contributed by atoms with Crippen LogP contribution >= 0.6 is 15.9 Å². The van der Waals surface area contributed by atoms with Crippen LogP contribution in [-0.2, 0) is 4.74 Å². The molecule has 1 saturated heterocycles. The van der Waals surface area contributed by atoms with Crippen molar-refractivity contribution >= 4 is 22.2 Å². The van der Waals surface area contributed by atoms with Crippen LogP contribution in [0.2, 0.25) is 0 Å². The Morgan fingerprint density at radius 2 is 2.16 bits per heavy atom. The molecule has 3 rings (SSSR count). The zero-order chi connectivity index (χ0) is 13.2. The molecule has 2 heterocycles. The van der Waals surface area contributed by atoms with Gasteiger partial charge >= 0.3 is 0 Å². The fraction of sp³-hybridized carbons (Fsp3) is 0.286. The summed E-state index contributed by atoms with van der Waals surface area (Å²) in [6.45, 7) is 0.744. The number of nitrogens with zero attached hydrogens (tertiary/aromatic N) is 2. The van der Waals surface area contributed by atoms with E-state index in [0.29, 0.717) is 5.56 Å². The molecular formula is C14H13BrN2O2. The monoisotopic (exact) mass is 320 g/mol. The summed E-state index contributed by atoms with van der Waals surface area (Å²) in [5, 5.41) is 4.51. The van der Waals surface area contributed by atoms with Crippen molar-refractivity contribution in [2.75, 3.05) is 6.61 Å². The number of ether oxygens (including phenoxy) is 1. The van der Waals surface area contributed by atoms with E-state index < -0.39 is 0 Å². The highest BCUT2D eigenvalue weighted by Crippen LogP contribution is 2.29. The molecule has 1 aromatic carbocycles. The van der Waals surface area contributed by atoms with Crippen molar-refractivity contribution in [3.63, 3.8) is 0 Å². The van der Waals surface area contributed by atoms with Gasteiger partial charge in [0.2, 0.25) is 0 Å². The van der Waals surface area contributed by atoms with Crippen molar-refractivity contribution in [2.45, 2.75) is 18.9 Å². The van der Waals surface area contributed by atoms with Crippen molar-refractivity contribution in [3.05, 3.63) is 46.2 Å². The summed E-state index contributed by atoms with van der Waals surface area (Å²) in [6.07, 6.45) is 4.51. The van der Waals surface area contributed by atoms with Gasteiger partial charge in [0.15, 0.2) is 6.29 Å². The molecule has 1 aliphatic rings. The molecule has 0 radical (unpaired) electrons. The van der Waals surface area contributed by atoms with Crippen LogP contribution in [0.3, 0.4) is 0 Å². The largest absolute Gasteiger partial charge is 0.372 e. The van der Waals surface area contributed by atoms with E-state index in [4.69, 9.17) is 4.74 Å². The molecule has 19 heavy (non-hydrogen) atoms. The number of carbonyl (C=O) groups excluding carboxylic acids is 1. The molecule has 0 amide bonds. The minimum absolute atomic E-state index is 0.0445. The maximum absolute atomic E-state index is 11.2. The normalized spacial score (nSPS) is 18.7. The molecule has 0 spiro atoms. The summed E-state index contributed by atoms with van der Waals surface area (Å²) < 4.78 is 8.35. The Labute approximate surface area is 119 Å². The minimum atomic E-state index is -0.0445. The van der Waals surface area contributed by atoms with Crippen molar-refractivity contribution in [1.29, 1.82) is 0 Å². The van der Waals surface area contributed by atoms with Gasteiger partial charge in [0.1, 0.15) is 11.8 Å². The van der Waals surface area contributed by atoms with E-state index in [1.165, 1.54) is 0 Å². The van der Waals surface area contributed by atoms with E-state index in [-0.39, 0.29) is 6.10 Å². The van der Waals surface area contributed by atoms with Crippen LogP contribution in [-0.4, -0.2) is 22.7 Å². The third-order valence-corrected chi connectivity index (χ3v) is 3.75. The highest BCUT2D eigenvalue weighted by molar-refractivity contribution is 9.10.